The van der Waals surface area contributed by atoms with Crippen molar-refractivity contribution in [3.05, 3.63) is 51.8 Å². The van der Waals surface area contributed by atoms with Crippen LogP contribution in [0.1, 0.15) is 21.7 Å². The van der Waals surface area contributed by atoms with E-state index in [1.807, 2.05) is 10.7 Å². The number of carbonyl (C=O) groups is 1. The molecule has 0 spiro atoms. The van der Waals surface area contributed by atoms with Crippen LogP contribution in [0.4, 0.5) is 8.78 Å². The summed E-state index contributed by atoms with van der Waals surface area (Å²) in [4.78, 5) is 12.0. The molecular weight excluding hydrogens is 314 g/mol. The quantitative estimate of drug-likeness (QED) is 0.846. The molecule has 116 valence electrons. The summed E-state index contributed by atoms with van der Waals surface area (Å²) < 4.78 is 28.1. The molecule has 2 heterocycles. The zero-order valence-corrected chi connectivity index (χ0v) is 12.3. The Kier molecular flexibility index (Phi) is 4.08. The Balaban J connectivity index is 1.70. The van der Waals surface area contributed by atoms with Crippen LogP contribution in [-0.4, -0.2) is 22.2 Å². The first kappa shape index (κ1) is 14.9. The summed E-state index contributed by atoms with van der Waals surface area (Å²) in [5, 5.41) is 10.1. The number of amides is 1. The molecule has 1 aromatic heterocycles. The predicted octanol–water partition coefficient (Wildman–Crippen LogP) is 1.85. The van der Waals surface area contributed by atoms with Crippen molar-refractivity contribution in [3.63, 3.8) is 0 Å². The first-order chi connectivity index (χ1) is 10.5. The van der Waals surface area contributed by atoms with Gasteiger partial charge in [0.1, 0.15) is 0 Å². The second kappa shape index (κ2) is 6.02. The number of carbonyl (C=O) groups excluding carboxylic acids is 1. The smallest absolute Gasteiger partial charge is 0.253 e. The van der Waals surface area contributed by atoms with Gasteiger partial charge in [0.2, 0.25) is 0 Å². The van der Waals surface area contributed by atoms with Crippen LogP contribution in [0.25, 0.3) is 0 Å². The van der Waals surface area contributed by atoms with Gasteiger partial charge < -0.3 is 10.6 Å². The number of halogens is 3. The fraction of sp³-hybridized carbons (Fsp3) is 0.286. The van der Waals surface area contributed by atoms with Crippen molar-refractivity contribution in [2.24, 2.45) is 0 Å². The van der Waals surface area contributed by atoms with E-state index in [0.29, 0.717) is 5.69 Å². The largest absolute Gasteiger partial charge is 0.346 e. The van der Waals surface area contributed by atoms with Crippen molar-refractivity contribution in [2.75, 3.05) is 6.54 Å². The Labute approximate surface area is 130 Å². The average Bonchev–Trinajstić information content (AvgIpc) is 2.91. The Morgan fingerprint density at radius 1 is 1.36 bits per heavy atom. The van der Waals surface area contributed by atoms with E-state index in [4.69, 9.17) is 11.6 Å². The fourth-order valence-electron chi connectivity index (χ4n) is 2.30. The molecule has 1 aliphatic rings. The lowest BCUT2D eigenvalue weighted by molar-refractivity contribution is 0.0950. The van der Waals surface area contributed by atoms with Gasteiger partial charge in [0.15, 0.2) is 11.6 Å². The third-order valence-corrected chi connectivity index (χ3v) is 3.72. The SMILES string of the molecule is O=C(NCc1cc2n(n1)CCNC2)c1cc(F)c(F)cc1Cl. The molecule has 0 saturated carbocycles. The van der Waals surface area contributed by atoms with E-state index in [1.165, 1.54) is 0 Å². The van der Waals surface area contributed by atoms with Crippen LogP contribution < -0.4 is 10.6 Å². The maximum atomic E-state index is 13.2. The summed E-state index contributed by atoms with van der Waals surface area (Å²) in [5.41, 5.74) is 1.64. The molecule has 1 aromatic carbocycles. The molecule has 3 rings (SSSR count). The molecule has 0 radical (unpaired) electrons. The molecule has 22 heavy (non-hydrogen) atoms. The van der Waals surface area contributed by atoms with Crippen LogP contribution >= 0.6 is 11.6 Å². The molecule has 1 aliphatic heterocycles. The van der Waals surface area contributed by atoms with Gasteiger partial charge in [-0.05, 0) is 18.2 Å². The van der Waals surface area contributed by atoms with Crippen molar-refractivity contribution < 1.29 is 13.6 Å². The Bertz CT molecular complexity index is 708. The van der Waals surface area contributed by atoms with Gasteiger partial charge in [-0.3, -0.25) is 9.48 Å². The van der Waals surface area contributed by atoms with E-state index in [1.54, 1.807) is 0 Å². The highest BCUT2D eigenvalue weighted by Crippen LogP contribution is 2.20. The normalized spacial score (nSPS) is 13.8. The minimum absolute atomic E-state index is 0.105. The second-order valence-electron chi connectivity index (χ2n) is 4.96. The monoisotopic (exact) mass is 326 g/mol. The molecule has 0 saturated heterocycles. The van der Waals surface area contributed by atoms with Crippen LogP contribution in [-0.2, 0) is 19.6 Å². The van der Waals surface area contributed by atoms with Crippen molar-refractivity contribution in [1.29, 1.82) is 0 Å². The zero-order valence-electron chi connectivity index (χ0n) is 11.5. The number of hydrogen-bond acceptors (Lipinski definition) is 3. The highest BCUT2D eigenvalue weighted by molar-refractivity contribution is 6.33. The van der Waals surface area contributed by atoms with Crippen molar-refractivity contribution in [1.82, 2.24) is 20.4 Å². The highest BCUT2D eigenvalue weighted by atomic mass is 35.5. The van der Waals surface area contributed by atoms with Gasteiger partial charge in [0.25, 0.3) is 5.91 Å². The Morgan fingerprint density at radius 2 is 2.14 bits per heavy atom. The van der Waals surface area contributed by atoms with Crippen LogP contribution in [0.15, 0.2) is 18.2 Å². The molecule has 5 nitrogen and oxygen atoms in total. The van der Waals surface area contributed by atoms with Gasteiger partial charge in [-0.2, -0.15) is 5.10 Å². The number of benzene rings is 1. The molecule has 0 aliphatic carbocycles. The van der Waals surface area contributed by atoms with Crippen LogP contribution in [0.2, 0.25) is 5.02 Å². The third-order valence-electron chi connectivity index (χ3n) is 3.41. The predicted molar refractivity (Wildman–Crippen MR) is 76.5 cm³/mol. The molecule has 2 aromatic rings. The minimum Gasteiger partial charge on any atom is -0.346 e. The number of aromatic nitrogens is 2. The summed E-state index contributed by atoms with van der Waals surface area (Å²) in [6.45, 7) is 2.55. The van der Waals surface area contributed by atoms with Crippen molar-refractivity contribution in [2.45, 2.75) is 19.6 Å². The van der Waals surface area contributed by atoms with Gasteiger partial charge >= 0.3 is 0 Å². The maximum Gasteiger partial charge on any atom is 0.253 e. The second-order valence-corrected chi connectivity index (χ2v) is 5.36. The Hall–Kier alpha value is -1.99. The van der Waals surface area contributed by atoms with Gasteiger partial charge in [-0.15, -0.1) is 0 Å². The van der Waals surface area contributed by atoms with Crippen LogP contribution in [0, 0.1) is 11.6 Å². The van der Waals surface area contributed by atoms with E-state index in [-0.39, 0.29) is 17.1 Å². The lowest BCUT2D eigenvalue weighted by atomic mass is 10.2. The molecule has 8 heteroatoms. The number of hydrogen-bond donors (Lipinski definition) is 2. The number of fused-ring (bicyclic) bond motifs is 1. The molecule has 0 atom stereocenters. The van der Waals surface area contributed by atoms with E-state index in [0.717, 1.165) is 37.5 Å². The topological polar surface area (TPSA) is 59.0 Å². The zero-order chi connectivity index (χ0) is 15.7. The number of nitrogens with zero attached hydrogens (tertiary/aromatic N) is 2. The van der Waals surface area contributed by atoms with E-state index < -0.39 is 17.5 Å². The molecule has 1 amide bonds. The van der Waals surface area contributed by atoms with Gasteiger partial charge in [0.05, 0.1) is 35.1 Å². The fourth-order valence-corrected chi connectivity index (χ4v) is 2.54. The summed E-state index contributed by atoms with van der Waals surface area (Å²) >= 11 is 5.77. The summed E-state index contributed by atoms with van der Waals surface area (Å²) in [7, 11) is 0. The summed E-state index contributed by atoms with van der Waals surface area (Å²) in [6.07, 6.45) is 0. The van der Waals surface area contributed by atoms with Crippen LogP contribution in [0.5, 0.6) is 0 Å². The average molecular weight is 327 g/mol. The molecule has 2 N–H and O–H groups in total. The number of rotatable bonds is 3. The van der Waals surface area contributed by atoms with Crippen molar-refractivity contribution >= 4 is 17.5 Å². The molecular formula is C14H13ClF2N4O. The van der Waals surface area contributed by atoms with Gasteiger partial charge in [-0.25, -0.2) is 8.78 Å². The first-order valence-corrected chi connectivity index (χ1v) is 7.11. The number of nitrogens with one attached hydrogen (secondary N) is 2. The molecule has 0 fully saturated rings. The maximum absolute atomic E-state index is 13.2. The highest BCUT2D eigenvalue weighted by Gasteiger charge is 2.16. The Morgan fingerprint density at radius 3 is 2.91 bits per heavy atom. The minimum atomic E-state index is -1.11. The van der Waals surface area contributed by atoms with E-state index >= 15 is 0 Å². The summed E-state index contributed by atoms with van der Waals surface area (Å²) in [5.74, 6) is -2.78. The molecule has 0 bridgehead atoms. The van der Waals surface area contributed by atoms with E-state index in [9.17, 15) is 13.6 Å². The van der Waals surface area contributed by atoms with E-state index in [2.05, 4.69) is 15.7 Å². The lowest BCUT2D eigenvalue weighted by Crippen LogP contribution is -2.28. The first-order valence-electron chi connectivity index (χ1n) is 6.73. The van der Waals surface area contributed by atoms with Gasteiger partial charge in [-0.1, -0.05) is 11.6 Å². The summed E-state index contributed by atoms with van der Waals surface area (Å²) in [6, 6.07) is 3.46. The van der Waals surface area contributed by atoms with Gasteiger partial charge in [0, 0.05) is 13.1 Å². The van der Waals surface area contributed by atoms with Crippen molar-refractivity contribution in [3.8, 4) is 0 Å². The van der Waals surface area contributed by atoms with Crippen LogP contribution in [0.3, 0.4) is 0 Å². The lowest BCUT2D eigenvalue weighted by Gasteiger charge is -2.13. The standard InChI is InChI=1S/C14H13ClF2N4O/c15-11-5-13(17)12(16)4-10(11)14(22)19-6-8-3-9-7-18-1-2-21(9)20-8/h3-5,18H,1-2,6-7H2,(H,19,22). The molecule has 0 unspecified atom stereocenters. The third kappa shape index (κ3) is 2.95.